The number of hydrogen-bond donors (Lipinski definition) is 1. The van der Waals surface area contributed by atoms with Gasteiger partial charge in [0.15, 0.2) is 0 Å². The summed E-state index contributed by atoms with van der Waals surface area (Å²) in [7, 11) is 1.54. The Hall–Kier alpha value is -2.41. The molecule has 28 heavy (non-hydrogen) atoms. The highest BCUT2D eigenvalue weighted by atomic mass is 19.1. The van der Waals surface area contributed by atoms with Gasteiger partial charge in [0.2, 0.25) is 5.91 Å². The van der Waals surface area contributed by atoms with Gasteiger partial charge in [-0.05, 0) is 24.8 Å². The number of methoxy groups -OCH3 is 1. The summed E-state index contributed by atoms with van der Waals surface area (Å²) in [6.45, 7) is 6.35. The predicted molar refractivity (Wildman–Crippen MR) is 107 cm³/mol. The van der Waals surface area contributed by atoms with Crippen LogP contribution in [0.3, 0.4) is 0 Å². The topological polar surface area (TPSA) is 59.4 Å². The van der Waals surface area contributed by atoms with Crippen LogP contribution in [0.25, 0.3) is 0 Å². The number of amides is 1. The first-order valence-corrected chi connectivity index (χ1v) is 9.84. The van der Waals surface area contributed by atoms with Crippen molar-refractivity contribution >= 4 is 11.7 Å². The molecule has 1 N–H and O–H groups in total. The third-order valence-electron chi connectivity index (χ3n) is 5.09. The van der Waals surface area contributed by atoms with Crippen LogP contribution in [0.4, 0.5) is 10.2 Å². The molecule has 0 bridgehead atoms. The maximum Gasteiger partial charge on any atom is 0.225 e. The number of nitrogens with zero attached hydrogens (tertiary/aromatic N) is 3. The molecule has 1 aliphatic heterocycles. The summed E-state index contributed by atoms with van der Waals surface area (Å²) in [5, 5.41) is 7.40. The van der Waals surface area contributed by atoms with E-state index in [2.05, 4.69) is 15.3 Å². The minimum absolute atomic E-state index is 0.0177. The number of benzene rings is 1. The largest absolute Gasteiger partial charge is 0.497 e. The molecule has 0 unspecified atom stereocenters. The Morgan fingerprint density at radius 3 is 2.71 bits per heavy atom. The first-order chi connectivity index (χ1) is 13.5. The predicted octanol–water partition coefficient (Wildman–Crippen LogP) is 3.85. The fourth-order valence-electron chi connectivity index (χ4n) is 3.62. The quantitative estimate of drug-likeness (QED) is 0.783. The molecular formula is C21H29FN4O2. The summed E-state index contributed by atoms with van der Waals surface area (Å²) in [5.41, 5.74) is 0.681. The van der Waals surface area contributed by atoms with Gasteiger partial charge in [0.05, 0.1) is 19.3 Å². The molecule has 152 valence electrons. The Morgan fingerprint density at radius 1 is 1.32 bits per heavy atom. The molecule has 1 fully saturated rings. The molecule has 1 saturated heterocycles. The lowest BCUT2D eigenvalue weighted by atomic mass is 10.0. The summed E-state index contributed by atoms with van der Waals surface area (Å²) < 4.78 is 21.2. The molecular weight excluding hydrogens is 359 g/mol. The van der Waals surface area contributed by atoms with E-state index in [4.69, 9.17) is 4.74 Å². The van der Waals surface area contributed by atoms with Crippen molar-refractivity contribution in [1.82, 2.24) is 14.7 Å². The van der Waals surface area contributed by atoms with E-state index in [-0.39, 0.29) is 17.8 Å². The monoisotopic (exact) mass is 388 g/mol. The van der Waals surface area contributed by atoms with Crippen molar-refractivity contribution in [1.29, 1.82) is 0 Å². The van der Waals surface area contributed by atoms with Crippen molar-refractivity contribution in [3.8, 4) is 5.75 Å². The van der Waals surface area contributed by atoms with Gasteiger partial charge >= 0.3 is 0 Å². The number of carbonyl (C=O) groups is 1. The normalized spacial score (nSPS) is 15.8. The Bertz CT molecular complexity index is 797. The standard InChI is InChI=1S/C21H29FN4O2/c1-15(2)12-21(27)24-20-6-9-23-26(20)17-7-10-25(11-8-17)14-16-4-5-18(28-3)13-19(16)22/h4-6,9,13,15,17H,7-8,10-12,14H2,1-3H3,(H,24,27). The van der Waals surface area contributed by atoms with Crippen molar-refractivity contribution in [2.24, 2.45) is 5.92 Å². The number of ether oxygens (including phenoxy) is 1. The molecule has 0 radical (unpaired) electrons. The smallest absolute Gasteiger partial charge is 0.225 e. The summed E-state index contributed by atoms with van der Waals surface area (Å²) in [6.07, 6.45) is 4.04. The SMILES string of the molecule is COc1ccc(CN2CCC(n3nccc3NC(=O)CC(C)C)CC2)c(F)c1. The molecule has 7 heteroatoms. The van der Waals surface area contributed by atoms with E-state index >= 15 is 0 Å². The third kappa shape index (κ3) is 5.10. The minimum atomic E-state index is -0.233. The zero-order valence-electron chi connectivity index (χ0n) is 16.8. The van der Waals surface area contributed by atoms with E-state index in [9.17, 15) is 9.18 Å². The fourth-order valence-corrected chi connectivity index (χ4v) is 3.62. The van der Waals surface area contributed by atoms with Gasteiger partial charge in [0, 0.05) is 43.8 Å². The molecule has 1 aliphatic rings. The number of carbonyl (C=O) groups excluding carboxylic acids is 1. The van der Waals surface area contributed by atoms with Gasteiger partial charge in [0.25, 0.3) is 0 Å². The lowest BCUT2D eigenvalue weighted by Crippen LogP contribution is -2.35. The third-order valence-corrected chi connectivity index (χ3v) is 5.09. The molecule has 0 atom stereocenters. The number of piperidine rings is 1. The number of anilines is 1. The molecule has 6 nitrogen and oxygen atoms in total. The van der Waals surface area contributed by atoms with Crippen LogP contribution < -0.4 is 10.1 Å². The highest BCUT2D eigenvalue weighted by Gasteiger charge is 2.24. The van der Waals surface area contributed by atoms with Crippen molar-refractivity contribution in [2.45, 2.75) is 45.7 Å². The van der Waals surface area contributed by atoms with Crippen LogP contribution >= 0.6 is 0 Å². The van der Waals surface area contributed by atoms with Crippen LogP contribution in [-0.4, -0.2) is 40.8 Å². The lowest BCUT2D eigenvalue weighted by molar-refractivity contribution is -0.116. The van der Waals surface area contributed by atoms with Crippen LogP contribution in [0, 0.1) is 11.7 Å². The zero-order chi connectivity index (χ0) is 20.1. The maximum atomic E-state index is 14.2. The molecule has 0 spiro atoms. The van der Waals surface area contributed by atoms with Gasteiger partial charge in [-0.15, -0.1) is 0 Å². The van der Waals surface area contributed by atoms with E-state index in [0.29, 0.717) is 30.2 Å². The van der Waals surface area contributed by atoms with E-state index in [0.717, 1.165) is 31.7 Å². The van der Waals surface area contributed by atoms with Crippen LogP contribution in [0.15, 0.2) is 30.5 Å². The minimum Gasteiger partial charge on any atom is -0.497 e. The molecule has 1 aromatic carbocycles. The first kappa shape index (κ1) is 20.3. The fraction of sp³-hybridized carbons (Fsp3) is 0.524. The second kappa shape index (κ2) is 9.19. The van der Waals surface area contributed by atoms with Gasteiger partial charge in [-0.3, -0.25) is 9.69 Å². The number of aromatic nitrogens is 2. The summed E-state index contributed by atoms with van der Waals surface area (Å²) in [5.74, 6) is 1.39. The number of halogens is 1. The van der Waals surface area contributed by atoms with Gasteiger partial charge in [-0.25, -0.2) is 9.07 Å². The molecule has 0 aliphatic carbocycles. The van der Waals surface area contributed by atoms with Crippen LogP contribution in [0.2, 0.25) is 0 Å². The Morgan fingerprint density at radius 2 is 2.07 bits per heavy atom. The molecule has 1 aromatic heterocycles. The van der Waals surface area contributed by atoms with Crippen molar-refractivity contribution in [2.75, 3.05) is 25.5 Å². The number of nitrogens with one attached hydrogen (secondary N) is 1. The van der Waals surface area contributed by atoms with Crippen molar-refractivity contribution in [3.05, 3.63) is 41.8 Å². The summed E-state index contributed by atoms with van der Waals surface area (Å²) >= 11 is 0. The van der Waals surface area contributed by atoms with Gasteiger partial charge in [-0.2, -0.15) is 5.10 Å². The number of rotatable bonds is 7. The molecule has 2 heterocycles. The van der Waals surface area contributed by atoms with E-state index in [1.807, 2.05) is 24.6 Å². The number of likely N-dealkylation sites (tertiary alicyclic amines) is 1. The second-order valence-electron chi connectivity index (χ2n) is 7.77. The van der Waals surface area contributed by atoms with Crippen LogP contribution in [0.1, 0.15) is 44.7 Å². The molecule has 0 saturated carbocycles. The summed E-state index contributed by atoms with van der Waals surface area (Å²) in [6, 6.07) is 7.09. The zero-order valence-corrected chi connectivity index (χ0v) is 16.8. The Kier molecular flexibility index (Phi) is 6.67. The van der Waals surface area contributed by atoms with E-state index in [1.165, 1.54) is 13.2 Å². The van der Waals surface area contributed by atoms with Crippen LogP contribution in [-0.2, 0) is 11.3 Å². The van der Waals surface area contributed by atoms with Gasteiger partial charge in [-0.1, -0.05) is 19.9 Å². The Balaban J connectivity index is 1.56. The van der Waals surface area contributed by atoms with Gasteiger partial charge in [0.1, 0.15) is 17.4 Å². The van der Waals surface area contributed by atoms with E-state index < -0.39 is 0 Å². The maximum absolute atomic E-state index is 14.2. The molecule has 1 amide bonds. The number of hydrogen-bond acceptors (Lipinski definition) is 4. The average Bonchev–Trinajstić information content (AvgIpc) is 3.11. The second-order valence-corrected chi connectivity index (χ2v) is 7.77. The Labute approximate surface area is 165 Å². The highest BCUT2D eigenvalue weighted by molar-refractivity contribution is 5.89. The average molecular weight is 388 g/mol. The summed E-state index contributed by atoms with van der Waals surface area (Å²) in [4.78, 5) is 14.3. The molecule has 2 aromatic rings. The van der Waals surface area contributed by atoms with Crippen molar-refractivity contribution in [3.63, 3.8) is 0 Å². The van der Waals surface area contributed by atoms with Crippen molar-refractivity contribution < 1.29 is 13.9 Å². The van der Waals surface area contributed by atoms with Crippen LogP contribution in [0.5, 0.6) is 5.75 Å². The van der Waals surface area contributed by atoms with E-state index in [1.54, 1.807) is 18.3 Å². The highest BCUT2D eigenvalue weighted by Crippen LogP contribution is 2.27. The lowest BCUT2D eigenvalue weighted by Gasteiger charge is -2.32. The molecule has 3 rings (SSSR count). The first-order valence-electron chi connectivity index (χ1n) is 9.84. The van der Waals surface area contributed by atoms with Gasteiger partial charge < -0.3 is 10.1 Å².